The number of hydrogen-bond donors (Lipinski definition) is 3. The molecule has 0 heterocycles. The molecule has 1 aromatic carbocycles. The van der Waals surface area contributed by atoms with E-state index in [1.54, 1.807) is 25.1 Å². The van der Waals surface area contributed by atoms with E-state index < -0.39 is 24.0 Å². The van der Waals surface area contributed by atoms with E-state index in [0.717, 1.165) is 6.42 Å². The van der Waals surface area contributed by atoms with E-state index in [2.05, 4.69) is 10.6 Å². The molecule has 2 unspecified atom stereocenters. The number of rotatable bonds is 7. The maximum Gasteiger partial charge on any atom is 0.315 e. The molecule has 3 N–H and O–H groups in total. The van der Waals surface area contributed by atoms with Gasteiger partial charge >= 0.3 is 12.0 Å². The van der Waals surface area contributed by atoms with Crippen molar-refractivity contribution in [2.75, 3.05) is 6.54 Å². The molecule has 1 aromatic rings. The largest absolute Gasteiger partial charge is 0.481 e. The molecule has 0 radical (unpaired) electrons. The van der Waals surface area contributed by atoms with E-state index in [4.69, 9.17) is 5.11 Å². The summed E-state index contributed by atoms with van der Waals surface area (Å²) >= 11 is 0. The van der Waals surface area contributed by atoms with Gasteiger partial charge in [0.15, 0.2) is 0 Å². The number of carboxylic acids is 1. The Morgan fingerprint density at radius 1 is 1.33 bits per heavy atom. The number of carboxylic acid groups (broad SMARTS) is 1. The van der Waals surface area contributed by atoms with Gasteiger partial charge in [-0.2, -0.15) is 0 Å². The first-order valence-electron chi connectivity index (χ1n) is 6.97. The summed E-state index contributed by atoms with van der Waals surface area (Å²) in [5.41, 5.74) is 0.385. The van der Waals surface area contributed by atoms with Crippen LogP contribution in [-0.2, 0) is 4.79 Å². The average molecular weight is 296 g/mol. The summed E-state index contributed by atoms with van der Waals surface area (Å²) in [6, 6.07) is 5.18. The minimum Gasteiger partial charge on any atom is -0.481 e. The van der Waals surface area contributed by atoms with E-state index in [1.807, 2.05) is 6.92 Å². The molecule has 21 heavy (non-hydrogen) atoms. The fraction of sp³-hybridized carbons (Fsp3) is 0.467. The van der Waals surface area contributed by atoms with E-state index in [9.17, 15) is 14.0 Å². The van der Waals surface area contributed by atoms with Crippen molar-refractivity contribution in [1.82, 2.24) is 10.6 Å². The van der Waals surface area contributed by atoms with Crippen LogP contribution in [0.25, 0.3) is 0 Å². The molecule has 0 saturated heterocycles. The molecule has 0 bridgehead atoms. The minimum atomic E-state index is -0.931. The molecule has 2 amide bonds. The lowest BCUT2D eigenvalue weighted by Gasteiger charge is -2.17. The van der Waals surface area contributed by atoms with Gasteiger partial charge in [-0.3, -0.25) is 4.79 Å². The van der Waals surface area contributed by atoms with Crippen molar-refractivity contribution in [3.05, 3.63) is 35.6 Å². The van der Waals surface area contributed by atoms with Crippen LogP contribution < -0.4 is 10.6 Å². The normalized spacial score (nSPS) is 13.3. The Hall–Kier alpha value is -2.11. The van der Waals surface area contributed by atoms with E-state index in [-0.39, 0.29) is 12.4 Å². The first kappa shape index (κ1) is 16.9. The summed E-state index contributed by atoms with van der Waals surface area (Å²) in [7, 11) is 0. The Bertz CT molecular complexity index is 494. The van der Waals surface area contributed by atoms with Crippen LogP contribution in [0.1, 0.15) is 38.3 Å². The lowest BCUT2D eigenvalue weighted by atomic mass is 10.0. The van der Waals surface area contributed by atoms with Gasteiger partial charge in [-0.05, 0) is 19.4 Å². The molecular formula is C15H21FN2O3. The van der Waals surface area contributed by atoms with Crippen molar-refractivity contribution in [2.24, 2.45) is 5.92 Å². The fourth-order valence-electron chi connectivity index (χ4n) is 2.03. The van der Waals surface area contributed by atoms with Crippen molar-refractivity contribution in [3.63, 3.8) is 0 Å². The maximum absolute atomic E-state index is 13.6. The number of benzene rings is 1. The van der Waals surface area contributed by atoms with E-state index in [1.165, 1.54) is 6.07 Å². The smallest absolute Gasteiger partial charge is 0.315 e. The zero-order valence-electron chi connectivity index (χ0n) is 12.2. The number of hydrogen-bond acceptors (Lipinski definition) is 2. The highest BCUT2D eigenvalue weighted by atomic mass is 19.1. The van der Waals surface area contributed by atoms with Gasteiger partial charge in [0.1, 0.15) is 5.82 Å². The predicted octanol–water partition coefficient (Wildman–Crippen LogP) is 2.69. The second-order valence-electron chi connectivity index (χ2n) is 4.92. The van der Waals surface area contributed by atoms with Crippen LogP contribution in [0.15, 0.2) is 24.3 Å². The Labute approximate surface area is 123 Å². The Morgan fingerprint density at radius 2 is 2.00 bits per heavy atom. The molecule has 5 nitrogen and oxygen atoms in total. The fourth-order valence-corrected chi connectivity index (χ4v) is 2.03. The third-order valence-corrected chi connectivity index (χ3v) is 3.21. The SMILES string of the molecule is CCCC(CNC(=O)NC(C)c1ccccc1F)C(=O)O. The summed E-state index contributed by atoms with van der Waals surface area (Å²) in [6.07, 6.45) is 1.23. The van der Waals surface area contributed by atoms with Crippen LogP contribution >= 0.6 is 0 Å². The Balaban J connectivity index is 2.50. The third kappa shape index (κ3) is 5.41. The maximum atomic E-state index is 13.6. The number of nitrogens with one attached hydrogen (secondary N) is 2. The molecular weight excluding hydrogens is 275 g/mol. The number of urea groups is 1. The molecule has 2 atom stereocenters. The van der Waals surface area contributed by atoms with Gasteiger partial charge in [-0.1, -0.05) is 31.5 Å². The molecule has 0 aromatic heterocycles. The van der Waals surface area contributed by atoms with Gasteiger partial charge < -0.3 is 15.7 Å². The molecule has 0 saturated carbocycles. The van der Waals surface area contributed by atoms with Crippen molar-refractivity contribution in [2.45, 2.75) is 32.7 Å². The van der Waals surface area contributed by atoms with Crippen molar-refractivity contribution >= 4 is 12.0 Å². The van der Waals surface area contributed by atoms with Crippen molar-refractivity contribution in [1.29, 1.82) is 0 Å². The number of carbonyl (C=O) groups is 2. The summed E-state index contributed by atoms with van der Waals surface area (Å²) in [5.74, 6) is -1.93. The predicted molar refractivity (Wildman–Crippen MR) is 77.4 cm³/mol. The van der Waals surface area contributed by atoms with Crippen molar-refractivity contribution < 1.29 is 19.1 Å². The van der Waals surface area contributed by atoms with Crippen LogP contribution in [0.5, 0.6) is 0 Å². The summed E-state index contributed by atoms with van der Waals surface area (Å²) in [6.45, 7) is 3.61. The number of amides is 2. The summed E-state index contributed by atoms with van der Waals surface area (Å²) < 4.78 is 13.6. The lowest BCUT2D eigenvalue weighted by molar-refractivity contribution is -0.141. The monoisotopic (exact) mass is 296 g/mol. The molecule has 1 rings (SSSR count). The zero-order valence-corrected chi connectivity index (χ0v) is 12.2. The van der Waals surface area contributed by atoms with Crippen LogP contribution in [0.3, 0.4) is 0 Å². The average Bonchev–Trinajstić information content (AvgIpc) is 2.43. The van der Waals surface area contributed by atoms with Gasteiger partial charge in [-0.25, -0.2) is 9.18 Å². The molecule has 6 heteroatoms. The van der Waals surface area contributed by atoms with E-state index in [0.29, 0.717) is 12.0 Å². The molecule has 0 aliphatic heterocycles. The van der Waals surface area contributed by atoms with Gasteiger partial charge in [0.2, 0.25) is 0 Å². The van der Waals surface area contributed by atoms with Gasteiger partial charge in [0, 0.05) is 12.1 Å². The van der Waals surface area contributed by atoms with Crippen LogP contribution in [0.4, 0.5) is 9.18 Å². The number of carbonyl (C=O) groups excluding carboxylic acids is 1. The zero-order chi connectivity index (χ0) is 15.8. The topological polar surface area (TPSA) is 78.4 Å². The first-order valence-corrected chi connectivity index (χ1v) is 6.97. The second-order valence-corrected chi connectivity index (χ2v) is 4.92. The van der Waals surface area contributed by atoms with Crippen LogP contribution in [-0.4, -0.2) is 23.7 Å². The third-order valence-electron chi connectivity index (χ3n) is 3.21. The molecule has 0 aliphatic rings. The standard InChI is InChI=1S/C15H21FN2O3/c1-3-6-11(14(19)20)9-17-15(21)18-10(2)12-7-4-5-8-13(12)16/h4-5,7-8,10-11H,3,6,9H2,1-2H3,(H,19,20)(H2,17,18,21). The lowest BCUT2D eigenvalue weighted by Crippen LogP contribution is -2.41. The van der Waals surface area contributed by atoms with Gasteiger partial charge in [0.25, 0.3) is 0 Å². The number of halogens is 1. The number of aliphatic carboxylic acids is 1. The second kappa shape index (κ2) is 8.24. The first-order chi connectivity index (χ1) is 9.95. The Morgan fingerprint density at radius 3 is 2.57 bits per heavy atom. The highest BCUT2D eigenvalue weighted by Gasteiger charge is 2.18. The molecule has 0 fully saturated rings. The van der Waals surface area contributed by atoms with Crippen molar-refractivity contribution in [3.8, 4) is 0 Å². The molecule has 0 spiro atoms. The van der Waals surface area contributed by atoms with E-state index >= 15 is 0 Å². The summed E-state index contributed by atoms with van der Waals surface area (Å²) in [5, 5.41) is 14.1. The summed E-state index contributed by atoms with van der Waals surface area (Å²) in [4.78, 5) is 22.7. The minimum absolute atomic E-state index is 0.0546. The molecule has 116 valence electrons. The van der Waals surface area contributed by atoms with Gasteiger partial charge in [0.05, 0.1) is 12.0 Å². The van der Waals surface area contributed by atoms with Gasteiger partial charge in [-0.15, -0.1) is 0 Å². The quantitative estimate of drug-likeness (QED) is 0.724. The highest BCUT2D eigenvalue weighted by Crippen LogP contribution is 2.15. The highest BCUT2D eigenvalue weighted by molar-refractivity contribution is 5.76. The van der Waals surface area contributed by atoms with Crippen LogP contribution in [0.2, 0.25) is 0 Å². The molecule has 0 aliphatic carbocycles. The Kier molecular flexibility index (Phi) is 6.65. The van der Waals surface area contributed by atoms with Crippen LogP contribution in [0, 0.1) is 11.7 Å².